The van der Waals surface area contributed by atoms with E-state index in [4.69, 9.17) is 9.47 Å². The third-order valence-electron chi connectivity index (χ3n) is 3.89. The fourth-order valence-electron chi connectivity index (χ4n) is 2.47. The second kappa shape index (κ2) is 8.57. The molecule has 0 aromatic heterocycles. The Morgan fingerprint density at radius 2 is 2.08 bits per heavy atom. The molecule has 1 atom stereocenters. The number of amides is 1. The van der Waals surface area contributed by atoms with Crippen LogP contribution in [0.2, 0.25) is 0 Å². The predicted molar refractivity (Wildman–Crippen MR) is 89.4 cm³/mol. The van der Waals surface area contributed by atoms with E-state index >= 15 is 0 Å². The summed E-state index contributed by atoms with van der Waals surface area (Å²) >= 11 is 0. The molecule has 0 unspecified atom stereocenters. The number of hydrogen-bond donors (Lipinski definition) is 1. The van der Waals surface area contributed by atoms with Gasteiger partial charge in [-0.3, -0.25) is 4.79 Å². The summed E-state index contributed by atoms with van der Waals surface area (Å²) in [5.41, 5.74) is 0.475. The van der Waals surface area contributed by atoms with Gasteiger partial charge in [-0.1, -0.05) is 6.92 Å². The highest BCUT2D eigenvalue weighted by molar-refractivity contribution is 7.89. The van der Waals surface area contributed by atoms with Crippen molar-refractivity contribution < 1.29 is 22.7 Å². The van der Waals surface area contributed by atoms with Crippen LogP contribution >= 0.6 is 0 Å². The Morgan fingerprint density at radius 3 is 2.71 bits per heavy atom. The lowest BCUT2D eigenvalue weighted by Gasteiger charge is -2.32. The van der Waals surface area contributed by atoms with E-state index in [1.807, 2.05) is 6.92 Å². The lowest BCUT2D eigenvalue weighted by molar-refractivity contribution is -0.0226. The SMILES string of the molecule is CC[C@@H]1CN(C(=O)c2ccc(S(=O)(=O)NCCOC)cc2)CCO1. The molecule has 24 heavy (non-hydrogen) atoms. The van der Waals surface area contributed by atoms with Crippen molar-refractivity contribution in [2.45, 2.75) is 24.3 Å². The molecule has 1 aromatic rings. The second-order valence-corrected chi connectivity index (χ2v) is 7.33. The number of carbonyl (C=O) groups is 1. The van der Waals surface area contributed by atoms with Crippen LogP contribution in [-0.2, 0) is 19.5 Å². The van der Waals surface area contributed by atoms with Crippen LogP contribution in [0, 0.1) is 0 Å². The van der Waals surface area contributed by atoms with Crippen LogP contribution in [0.15, 0.2) is 29.2 Å². The molecule has 0 saturated carbocycles. The fraction of sp³-hybridized carbons (Fsp3) is 0.562. The normalized spacial score (nSPS) is 18.6. The molecule has 1 heterocycles. The number of hydrogen-bond acceptors (Lipinski definition) is 5. The highest BCUT2D eigenvalue weighted by Crippen LogP contribution is 2.15. The first kappa shape index (κ1) is 18.9. The van der Waals surface area contributed by atoms with E-state index in [0.717, 1.165) is 6.42 Å². The van der Waals surface area contributed by atoms with Crippen molar-refractivity contribution in [1.82, 2.24) is 9.62 Å². The molecule has 0 radical (unpaired) electrons. The predicted octanol–water partition coefficient (Wildman–Crippen LogP) is 0.862. The first-order valence-electron chi connectivity index (χ1n) is 7.97. The first-order chi connectivity index (χ1) is 11.5. The van der Waals surface area contributed by atoms with E-state index in [2.05, 4.69) is 4.72 Å². The van der Waals surface area contributed by atoms with Crippen molar-refractivity contribution in [3.8, 4) is 0 Å². The summed E-state index contributed by atoms with van der Waals surface area (Å²) < 4.78 is 37.0. The molecule has 134 valence electrons. The summed E-state index contributed by atoms with van der Waals surface area (Å²) in [6, 6.07) is 5.98. The third kappa shape index (κ3) is 4.76. The molecular formula is C16H24N2O5S. The minimum absolute atomic E-state index is 0.0623. The van der Waals surface area contributed by atoms with Gasteiger partial charge in [0.2, 0.25) is 10.0 Å². The van der Waals surface area contributed by atoms with E-state index in [9.17, 15) is 13.2 Å². The van der Waals surface area contributed by atoms with Gasteiger partial charge in [-0.15, -0.1) is 0 Å². The summed E-state index contributed by atoms with van der Waals surface area (Å²) in [6.07, 6.45) is 0.918. The standard InChI is InChI=1S/C16H24N2O5S/c1-3-14-12-18(9-11-23-14)16(19)13-4-6-15(7-5-13)24(20,21)17-8-10-22-2/h4-7,14,17H,3,8-12H2,1-2H3/t14-/m1/s1. The molecule has 0 aliphatic carbocycles. The van der Waals surface area contributed by atoms with E-state index in [0.29, 0.717) is 31.9 Å². The van der Waals surface area contributed by atoms with Crippen molar-refractivity contribution in [2.75, 3.05) is 40.0 Å². The van der Waals surface area contributed by atoms with Crippen LogP contribution in [0.3, 0.4) is 0 Å². The van der Waals surface area contributed by atoms with E-state index in [1.165, 1.54) is 19.2 Å². The van der Waals surface area contributed by atoms with Crippen LogP contribution in [0.4, 0.5) is 0 Å². The van der Waals surface area contributed by atoms with E-state index < -0.39 is 10.0 Å². The maximum Gasteiger partial charge on any atom is 0.254 e. The third-order valence-corrected chi connectivity index (χ3v) is 5.37. The minimum atomic E-state index is -3.59. The molecule has 1 N–H and O–H groups in total. The molecule has 1 saturated heterocycles. The number of ether oxygens (including phenoxy) is 2. The lowest BCUT2D eigenvalue weighted by atomic mass is 10.1. The number of nitrogens with zero attached hydrogens (tertiary/aromatic N) is 1. The summed E-state index contributed by atoms with van der Waals surface area (Å²) in [6.45, 7) is 4.16. The number of benzene rings is 1. The molecule has 2 rings (SSSR count). The van der Waals surface area contributed by atoms with Crippen LogP contribution < -0.4 is 4.72 Å². The molecule has 0 spiro atoms. The Kier molecular flexibility index (Phi) is 6.73. The van der Waals surface area contributed by atoms with Gasteiger partial charge in [0.15, 0.2) is 0 Å². The number of nitrogens with one attached hydrogen (secondary N) is 1. The smallest absolute Gasteiger partial charge is 0.254 e. The Labute approximate surface area is 143 Å². The maximum atomic E-state index is 12.5. The fourth-order valence-corrected chi connectivity index (χ4v) is 3.48. The van der Waals surface area contributed by atoms with Crippen molar-refractivity contribution in [3.63, 3.8) is 0 Å². The highest BCUT2D eigenvalue weighted by Gasteiger charge is 2.24. The Bertz CT molecular complexity index is 645. The topological polar surface area (TPSA) is 84.9 Å². The van der Waals surface area contributed by atoms with Gasteiger partial charge in [-0.25, -0.2) is 13.1 Å². The minimum Gasteiger partial charge on any atom is -0.383 e. The zero-order chi connectivity index (χ0) is 17.6. The van der Waals surface area contributed by atoms with Crippen molar-refractivity contribution in [3.05, 3.63) is 29.8 Å². The van der Waals surface area contributed by atoms with E-state index in [-0.39, 0.29) is 23.5 Å². The highest BCUT2D eigenvalue weighted by atomic mass is 32.2. The van der Waals surface area contributed by atoms with Gasteiger partial charge < -0.3 is 14.4 Å². The summed E-state index contributed by atoms with van der Waals surface area (Å²) in [5, 5.41) is 0. The van der Waals surface area contributed by atoms with Crippen LogP contribution in [0.1, 0.15) is 23.7 Å². The zero-order valence-corrected chi connectivity index (χ0v) is 14.8. The average Bonchev–Trinajstić information content (AvgIpc) is 2.61. The summed E-state index contributed by atoms with van der Waals surface area (Å²) in [7, 11) is -2.08. The molecule has 0 bridgehead atoms. The monoisotopic (exact) mass is 356 g/mol. The van der Waals surface area contributed by atoms with Gasteiger partial charge in [0.25, 0.3) is 5.91 Å². The number of morpholine rings is 1. The second-order valence-electron chi connectivity index (χ2n) is 5.57. The van der Waals surface area contributed by atoms with Crippen molar-refractivity contribution in [1.29, 1.82) is 0 Å². The number of carbonyl (C=O) groups excluding carboxylic acids is 1. The largest absolute Gasteiger partial charge is 0.383 e. The van der Waals surface area contributed by atoms with Crippen molar-refractivity contribution in [2.24, 2.45) is 0 Å². The number of rotatable bonds is 7. The molecule has 1 amide bonds. The van der Waals surface area contributed by atoms with Gasteiger partial charge in [0.1, 0.15) is 0 Å². The molecule has 1 fully saturated rings. The van der Waals surface area contributed by atoms with Gasteiger partial charge in [-0.05, 0) is 30.7 Å². The molecule has 7 nitrogen and oxygen atoms in total. The molecule has 1 aliphatic heterocycles. The Morgan fingerprint density at radius 1 is 1.38 bits per heavy atom. The van der Waals surface area contributed by atoms with Crippen molar-refractivity contribution >= 4 is 15.9 Å². The number of sulfonamides is 1. The molecule has 1 aromatic carbocycles. The van der Waals surface area contributed by atoms with E-state index in [1.54, 1.807) is 17.0 Å². The maximum absolute atomic E-state index is 12.5. The zero-order valence-electron chi connectivity index (χ0n) is 14.0. The Balaban J connectivity index is 2.04. The quantitative estimate of drug-likeness (QED) is 0.733. The van der Waals surface area contributed by atoms with Crippen LogP contribution in [-0.4, -0.2) is 65.3 Å². The van der Waals surface area contributed by atoms with Crippen LogP contribution in [0.25, 0.3) is 0 Å². The Hall–Kier alpha value is -1.48. The average molecular weight is 356 g/mol. The molecule has 1 aliphatic rings. The van der Waals surface area contributed by atoms with Gasteiger partial charge in [-0.2, -0.15) is 0 Å². The number of methoxy groups -OCH3 is 1. The molecular weight excluding hydrogens is 332 g/mol. The van der Waals surface area contributed by atoms with Gasteiger partial charge >= 0.3 is 0 Å². The van der Waals surface area contributed by atoms with Crippen LogP contribution in [0.5, 0.6) is 0 Å². The molecule has 8 heteroatoms. The summed E-state index contributed by atoms with van der Waals surface area (Å²) in [4.78, 5) is 14.4. The first-order valence-corrected chi connectivity index (χ1v) is 9.45. The van der Waals surface area contributed by atoms with Gasteiger partial charge in [0.05, 0.1) is 24.2 Å². The lowest BCUT2D eigenvalue weighted by Crippen LogP contribution is -2.45. The summed E-state index contributed by atoms with van der Waals surface area (Å²) in [5.74, 6) is -0.104. The van der Waals surface area contributed by atoms with Gasteiger partial charge in [0, 0.05) is 32.3 Å².